The van der Waals surface area contributed by atoms with Crippen LogP contribution in [0.15, 0.2) is 46.7 Å². The van der Waals surface area contributed by atoms with Gasteiger partial charge in [0.1, 0.15) is 11.8 Å². The van der Waals surface area contributed by atoms with E-state index >= 15 is 0 Å². The molecule has 168 valence electrons. The van der Waals surface area contributed by atoms with Gasteiger partial charge in [-0.2, -0.15) is 0 Å². The van der Waals surface area contributed by atoms with E-state index in [1.54, 1.807) is 25.1 Å². The van der Waals surface area contributed by atoms with Gasteiger partial charge in [0.25, 0.3) is 0 Å². The van der Waals surface area contributed by atoms with Crippen molar-refractivity contribution in [2.45, 2.75) is 13.0 Å². The third-order valence-corrected chi connectivity index (χ3v) is 5.13. The zero-order valence-corrected chi connectivity index (χ0v) is 17.7. The second-order valence-corrected chi connectivity index (χ2v) is 7.30. The Kier molecular flexibility index (Phi) is 7.85. The van der Waals surface area contributed by atoms with E-state index in [0.717, 1.165) is 0 Å². The zero-order chi connectivity index (χ0) is 22.2. The minimum absolute atomic E-state index is 0.0347. The van der Waals surface area contributed by atoms with Gasteiger partial charge >= 0.3 is 12.0 Å². The Morgan fingerprint density at radius 1 is 1.32 bits per heavy atom. The van der Waals surface area contributed by atoms with E-state index in [9.17, 15) is 14.4 Å². The number of hydrogen-bond acceptors (Lipinski definition) is 7. The molecule has 3 rings (SSSR count). The average Bonchev–Trinajstić information content (AvgIpc) is 3.28. The minimum Gasteiger partial charge on any atom is -0.467 e. The van der Waals surface area contributed by atoms with Crippen molar-refractivity contribution in [1.29, 1.82) is 0 Å². The van der Waals surface area contributed by atoms with Gasteiger partial charge in [-0.1, -0.05) is 6.08 Å². The molecule has 0 aromatic carbocycles. The fourth-order valence-electron chi connectivity index (χ4n) is 3.64. The molecule has 31 heavy (non-hydrogen) atoms. The molecule has 0 radical (unpaired) electrons. The highest BCUT2D eigenvalue weighted by Crippen LogP contribution is 2.28. The van der Waals surface area contributed by atoms with Gasteiger partial charge in [-0.05, 0) is 19.1 Å². The SMILES string of the molecule is C=CCNC(=O)CN1CCN(CC2=C(C(=O)OCC)C(c3ccco3)NC(=O)N2)CC1. The third kappa shape index (κ3) is 5.96. The first-order chi connectivity index (χ1) is 15.0. The molecule has 0 spiro atoms. The Morgan fingerprint density at radius 2 is 2.06 bits per heavy atom. The van der Waals surface area contributed by atoms with Crippen molar-refractivity contribution >= 4 is 17.9 Å². The first-order valence-corrected chi connectivity index (χ1v) is 10.3. The van der Waals surface area contributed by atoms with E-state index in [2.05, 4.69) is 32.3 Å². The lowest BCUT2D eigenvalue weighted by atomic mass is 9.99. The van der Waals surface area contributed by atoms with Crippen LogP contribution in [0.2, 0.25) is 0 Å². The average molecular weight is 431 g/mol. The summed E-state index contributed by atoms with van der Waals surface area (Å²) >= 11 is 0. The molecule has 3 amide bonds. The summed E-state index contributed by atoms with van der Waals surface area (Å²) in [6.07, 6.45) is 3.14. The summed E-state index contributed by atoms with van der Waals surface area (Å²) < 4.78 is 10.7. The molecule has 1 atom stereocenters. The molecule has 1 fully saturated rings. The maximum absolute atomic E-state index is 12.7. The molecule has 1 aromatic heterocycles. The van der Waals surface area contributed by atoms with Gasteiger partial charge in [-0.15, -0.1) is 6.58 Å². The molecular weight excluding hydrogens is 402 g/mol. The lowest BCUT2D eigenvalue weighted by molar-refractivity contribution is -0.139. The number of carbonyl (C=O) groups is 3. The van der Waals surface area contributed by atoms with E-state index < -0.39 is 18.0 Å². The monoisotopic (exact) mass is 431 g/mol. The van der Waals surface area contributed by atoms with Crippen LogP contribution in [0.3, 0.4) is 0 Å². The Hall–Kier alpha value is -3.11. The summed E-state index contributed by atoms with van der Waals surface area (Å²) in [6.45, 7) is 9.52. The van der Waals surface area contributed by atoms with Crippen molar-refractivity contribution in [3.8, 4) is 0 Å². The normalized spacial score (nSPS) is 20.0. The summed E-state index contributed by atoms with van der Waals surface area (Å²) in [6, 6.07) is 2.30. The highest BCUT2D eigenvalue weighted by atomic mass is 16.5. The molecule has 0 saturated carbocycles. The molecule has 1 unspecified atom stereocenters. The predicted molar refractivity (Wildman–Crippen MR) is 113 cm³/mol. The molecule has 3 N–H and O–H groups in total. The quantitative estimate of drug-likeness (QED) is 0.382. The van der Waals surface area contributed by atoms with Gasteiger partial charge in [0.2, 0.25) is 5.91 Å². The fourth-order valence-corrected chi connectivity index (χ4v) is 3.64. The maximum Gasteiger partial charge on any atom is 0.338 e. The van der Waals surface area contributed by atoms with Crippen molar-refractivity contribution in [2.24, 2.45) is 0 Å². The van der Waals surface area contributed by atoms with Gasteiger partial charge in [-0.3, -0.25) is 14.6 Å². The highest BCUT2D eigenvalue weighted by Gasteiger charge is 2.36. The van der Waals surface area contributed by atoms with E-state index in [1.165, 1.54) is 6.26 Å². The lowest BCUT2D eigenvalue weighted by Crippen LogP contribution is -2.52. The number of urea groups is 1. The number of amides is 3. The molecule has 3 heterocycles. The summed E-state index contributed by atoms with van der Waals surface area (Å²) in [5.41, 5.74) is 0.836. The number of nitrogens with one attached hydrogen (secondary N) is 3. The molecule has 10 heteroatoms. The molecule has 1 saturated heterocycles. The van der Waals surface area contributed by atoms with Crippen molar-refractivity contribution in [3.63, 3.8) is 0 Å². The third-order valence-electron chi connectivity index (χ3n) is 5.13. The van der Waals surface area contributed by atoms with Crippen molar-refractivity contribution in [3.05, 3.63) is 48.1 Å². The van der Waals surface area contributed by atoms with Crippen LogP contribution in [-0.2, 0) is 14.3 Å². The molecule has 2 aliphatic heterocycles. The summed E-state index contributed by atoms with van der Waals surface area (Å²) in [4.78, 5) is 41.1. The number of carbonyl (C=O) groups excluding carboxylic acids is 3. The number of hydrogen-bond donors (Lipinski definition) is 3. The Bertz CT molecular complexity index is 827. The van der Waals surface area contributed by atoms with Crippen molar-refractivity contribution in [2.75, 3.05) is 52.4 Å². The van der Waals surface area contributed by atoms with Gasteiger partial charge in [0.05, 0.1) is 25.0 Å². The second kappa shape index (κ2) is 10.8. The Labute approximate surface area is 181 Å². The number of furan rings is 1. The molecule has 0 aliphatic carbocycles. The van der Waals surface area contributed by atoms with Crippen molar-refractivity contribution < 1.29 is 23.5 Å². The van der Waals surface area contributed by atoms with Crippen molar-refractivity contribution in [1.82, 2.24) is 25.8 Å². The summed E-state index contributed by atoms with van der Waals surface area (Å²) in [5.74, 6) is -0.0674. The van der Waals surface area contributed by atoms with Crippen LogP contribution in [0.5, 0.6) is 0 Å². The molecule has 1 aromatic rings. The Balaban J connectivity index is 1.69. The number of esters is 1. The van der Waals surface area contributed by atoms with Crippen LogP contribution >= 0.6 is 0 Å². The summed E-state index contributed by atoms with van der Waals surface area (Å²) in [7, 11) is 0. The number of ether oxygens (including phenoxy) is 1. The van der Waals surface area contributed by atoms with Crippen LogP contribution in [0.25, 0.3) is 0 Å². The standard InChI is InChI=1S/C21H29N5O5/c1-3-7-22-17(27)14-26-10-8-25(9-11-26)13-15-18(20(28)30-4-2)19(24-21(29)23-15)16-6-5-12-31-16/h3,5-6,12,19H,1,4,7-11,13-14H2,2H3,(H,22,27)(H2,23,24,29). The van der Waals surface area contributed by atoms with Crippen LogP contribution in [-0.4, -0.2) is 80.1 Å². The first kappa shape index (κ1) is 22.6. The first-order valence-electron chi connectivity index (χ1n) is 10.3. The number of piperazine rings is 1. The fraction of sp³-hybridized carbons (Fsp3) is 0.476. The van der Waals surface area contributed by atoms with E-state index in [4.69, 9.17) is 9.15 Å². The van der Waals surface area contributed by atoms with Crippen LogP contribution in [0.4, 0.5) is 4.79 Å². The van der Waals surface area contributed by atoms with Crippen LogP contribution in [0.1, 0.15) is 18.7 Å². The van der Waals surface area contributed by atoms with E-state index in [0.29, 0.717) is 62.8 Å². The zero-order valence-electron chi connectivity index (χ0n) is 17.7. The number of nitrogens with zero attached hydrogens (tertiary/aromatic N) is 2. The van der Waals surface area contributed by atoms with Crippen LogP contribution in [0, 0.1) is 0 Å². The minimum atomic E-state index is -0.715. The molecule has 0 bridgehead atoms. The van der Waals surface area contributed by atoms with E-state index in [1.807, 2.05) is 0 Å². The van der Waals surface area contributed by atoms with Crippen LogP contribution < -0.4 is 16.0 Å². The molecule has 10 nitrogen and oxygen atoms in total. The second-order valence-electron chi connectivity index (χ2n) is 7.30. The smallest absolute Gasteiger partial charge is 0.338 e. The largest absolute Gasteiger partial charge is 0.467 e. The van der Waals surface area contributed by atoms with Gasteiger partial charge in [0, 0.05) is 45.0 Å². The Morgan fingerprint density at radius 3 is 2.71 bits per heavy atom. The molecule has 2 aliphatic rings. The predicted octanol–water partition coefficient (Wildman–Crippen LogP) is 0.371. The number of rotatable bonds is 9. The molecular formula is C21H29N5O5. The highest BCUT2D eigenvalue weighted by molar-refractivity contribution is 5.95. The lowest BCUT2D eigenvalue weighted by Gasteiger charge is -2.36. The van der Waals surface area contributed by atoms with E-state index in [-0.39, 0.29) is 12.5 Å². The van der Waals surface area contributed by atoms with Gasteiger partial charge in [0.15, 0.2) is 0 Å². The topological polar surface area (TPSA) is 116 Å². The van der Waals surface area contributed by atoms with Gasteiger partial charge < -0.3 is 25.1 Å². The maximum atomic E-state index is 12.7. The summed E-state index contributed by atoms with van der Waals surface area (Å²) in [5, 5.41) is 8.29. The van der Waals surface area contributed by atoms with Gasteiger partial charge in [-0.25, -0.2) is 9.59 Å².